The van der Waals surface area contributed by atoms with E-state index in [4.69, 9.17) is 0 Å². The predicted octanol–water partition coefficient (Wildman–Crippen LogP) is 3.46. The fraction of sp³-hybridized carbons (Fsp3) is 0.733. The van der Waals surface area contributed by atoms with Gasteiger partial charge in [0.25, 0.3) is 0 Å². The van der Waals surface area contributed by atoms with Gasteiger partial charge in [-0.15, -0.1) is 0 Å². The Morgan fingerprint density at radius 3 is 2.42 bits per heavy atom. The fourth-order valence-corrected chi connectivity index (χ4v) is 2.72. The van der Waals surface area contributed by atoms with Crippen LogP contribution in [-0.4, -0.2) is 23.1 Å². The highest BCUT2D eigenvalue weighted by Gasteiger charge is 2.14. The average Bonchev–Trinajstić information content (AvgIpc) is 2.92. The molecule has 4 heteroatoms. The summed E-state index contributed by atoms with van der Waals surface area (Å²) in [6, 6.07) is 2.01. The van der Waals surface area contributed by atoms with E-state index >= 15 is 0 Å². The molecule has 1 saturated carbocycles. The number of hydrogen-bond acceptors (Lipinski definition) is 4. The van der Waals surface area contributed by atoms with Crippen LogP contribution >= 0.6 is 0 Å². The van der Waals surface area contributed by atoms with Gasteiger partial charge in [-0.25, -0.2) is 9.97 Å². The zero-order valence-corrected chi connectivity index (χ0v) is 12.2. The smallest absolute Gasteiger partial charge is 0.132 e. The van der Waals surface area contributed by atoms with Gasteiger partial charge in [0.05, 0.1) is 0 Å². The lowest BCUT2D eigenvalue weighted by molar-refractivity contribution is 0.518. The van der Waals surface area contributed by atoms with Crippen LogP contribution in [0.3, 0.4) is 0 Å². The molecule has 4 nitrogen and oxygen atoms in total. The molecular formula is C15H26N4. The standard InChI is InChI=1S/C15H26N4/c1-3-13-18-14(16-4-2)11-15(19-13)17-10-9-12-7-5-6-8-12/h11-12H,3-10H2,1-2H3,(H2,16,17,18,19). The first-order valence-electron chi connectivity index (χ1n) is 7.67. The van der Waals surface area contributed by atoms with Gasteiger partial charge in [-0.1, -0.05) is 32.6 Å². The molecule has 2 N–H and O–H groups in total. The Bertz CT molecular complexity index is 386. The molecule has 0 bridgehead atoms. The molecule has 1 aromatic rings. The topological polar surface area (TPSA) is 49.8 Å². The third-order valence-corrected chi connectivity index (χ3v) is 3.78. The van der Waals surface area contributed by atoms with Crippen molar-refractivity contribution in [1.29, 1.82) is 0 Å². The third-order valence-electron chi connectivity index (χ3n) is 3.78. The number of aryl methyl sites for hydroxylation is 1. The van der Waals surface area contributed by atoms with Crippen LogP contribution in [0, 0.1) is 5.92 Å². The molecule has 0 aliphatic heterocycles. The Kier molecular flexibility index (Phi) is 5.43. The minimum atomic E-state index is 0.872. The summed E-state index contributed by atoms with van der Waals surface area (Å²) in [4.78, 5) is 9.00. The van der Waals surface area contributed by atoms with E-state index in [-0.39, 0.29) is 0 Å². The van der Waals surface area contributed by atoms with Crippen LogP contribution in [0.1, 0.15) is 51.8 Å². The lowest BCUT2D eigenvalue weighted by atomic mass is 10.0. The van der Waals surface area contributed by atoms with Crippen molar-refractivity contribution in [3.63, 3.8) is 0 Å². The maximum absolute atomic E-state index is 4.54. The van der Waals surface area contributed by atoms with E-state index in [1.165, 1.54) is 32.1 Å². The van der Waals surface area contributed by atoms with Gasteiger partial charge >= 0.3 is 0 Å². The lowest BCUT2D eigenvalue weighted by Gasteiger charge is -2.12. The van der Waals surface area contributed by atoms with E-state index < -0.39 is 0 Å². The van der Waals surface area contributed by atoms with Gasteiger partial charge in [0, 0.05) is 25.6 Å². The minimum absolute atomic E-state index is 0.872. The summed E-state index contributed by atoms with van der Waals surface area (Å²) in [7, 11) is 0. The molecule has 0 amide bonds. The average molecular weight is 262 g/mol. The molecule has 0 saturated heterocycles. The van der Waals surface area contributed by atoms with Crippen LogP contribution < -0.4 is 10.6 Å². The first-order chi connectivity index (χ1) is 9.31. The summed E-state index contributed by atoms with van der Waals surface area (Å²) in [6.07, 6.45) is 7.80. The number of rotatable bonds is 7. The highest BCUT2D eigenvalue weighted by Crippen LogP contribution is 2.27. The van der Waals surface area contributed by atoms with E-state index in [0.29, 0.717) is 0 Å². The number of nitrogens with zero attached hydrogens (tertiary/aromatic N) is 2. The molecule has 1 fully saturated rings. The maximum Gasteiger partial charge on any atom is 0.132 e. The third kappa shape index (κ3) is 4.37. The summed E-state index contributed by atoms with van der Waals surface area (Å²) < 4.78 is 0. The van der Waals surface area contributed by atoms with E-state index in [9.17, 15) is 0 Å². The Morgan fingerprint density at radius 1 is 1.11 bits per heavy atom. The molecule has 0 atom stereocenters. The first-order valence-corrected chi connectivity index (χ1v) is 7.67. The zero-order valence-electron chi connectivity index (χ0n) is 12.2. The maximum atomic E-state index is 4.54. The van der Waals surface area contributed by atoms with Crippen LogP contribution in [0.25, 0.3) is 0 Å². The molecule has 1 aliphatic carbocycles. The molecule has 0 spiro atoms. The van der Waals surface area contributed by atoms with Gasteiger partial charge in [0.15, 0.2) is 0 Å². The first kappa shape index (κ1) is 14.1. The molecular weight excluding hydrogens is 236 g/mol. The number of aromatic nitrogens is 2. The monoisotopic (exact) mass is 262 g/mol. The second-order valence-electron chi connectivity index (χ2n) is 5.30. The van der Waals surface area contributed by atoms with Crippen LogP contribution in [0.5, 0.6) is 0 Å². The molecule has 1 aromatic heterocycles. The molecule has 0 radical (unpaired) electrons. The van der Waals surface area contributed by atoms with E-state index in [0.717, 1.165) is 42.9 Å². The Labute approximate surface area is 116 Å². The Balaban J connectivity index is 1.88. The van der Waals surface area contributed by atoms with Crippen molar-refractivity contribution in [2.45, 2.75) is 52.4 Å². The number of anilines is 2. The second kappa shape index (κ2) is 7.31. The van der Waals surface area contributed by atoms with E-state index in [1.54, 1.807) is 0 Å². The molecule has 0 unspecified atom stereocenters. The van der Waals surface area contributed by atoms with Crippen molar-refractivity contribution in [1.82, 2.24) is 9.97 Å². The summed E-state index contributed by atoms with van der Waals surface area (Å²) in [5, 5.41) is 6.72. The second-order valence-corrected chi connectivity index (χ2v) is 5.30. The fourth-order valence-electron chi connectivity index (χ4n) is 2.72. The Hall–Kier alpha value is -1.32. The quantitative estimate of drug-likeness (QED) is 0.790. The Morgan fingerprint density at radius 2 is 1.79 bits per heavy atom. The van der Waals surface area contributed by atoms with Crippen LogP contribution in [0.4, 0.5) is 11.6 Å². The van der Waals surface area contributed by atoms with Crippen molar-refractivity contribution in [2.75, 3.05) is 23.7 Å². The van der Waals surface area contributed by atoms with Crippen LogP contribution in [0.2, 0.25) is 0 Å². The van der Waals surface area contributed by atoms with Gasteiger partial charge in [-0.05, 0) is 19.3 Å². The van der Waals surface area contributed by atoms with E-state index in [2.05, 4.69) is 34.4 Å². The van der Waals surface area contributed by atoms with Gasteiger partial charge in [-0.2, -0.15) is 0 Å². The zero-order chi connectivity index (χ0) is 13.5. The largest absolute Gasteiger partial charge is 0.370 e. The molecule has 0 aromatic carbocycles. The van der Waals surface area contributed by atoms with Crippen molar-refractivity contribution in [3.05, 3.63) is 11.9 Å². The minimum Gasteiger partial charge on any atom is -0.370 e. The number of nitrogens with one attached hydrogen (secondary N) is 2. The van der Waals surface area contributed by atoms with Gasteiger partial charge in [-0.3, -0.25) is 0 Å². The molecule has 1 aliphatic rings. The highest BCUT2D eigenvalue weighted by atomic mass is 15.1. The summed E-state index contributed by atoms with van der Waals surface area (Å²) >= 11 is 0. The van der Waals surface area contributed by atoms with Gasteiger partial charge in [0.1, 0.15) is 17.5 Å². The van der Waals surface area contributed by atoms with Crippen LogP contribution in [-0.2, 0) is 6.42 Å². The summed E-state index contributed by atoms with van der Waals surface area (Å²) in [5.74, 6) is 3.72. The molecule has 106 valence electrons. The normalized spacial score (nSPS) is 15.7. The number of hydrogen-bond donors (Lipinski definition) is 2. The SMILES string of the molecule is CCNc1cc(NCCC2CCCC2)nc(CC)n1. The van der Waals surface area contributed by atoms with Crippen molar-refractivity contribution < 1.29 is 0 Å². The summed E-state index contributed by atoms with van der Waals surface area (Å²) in [6.45, 7) is 6.09. The van der Waals surface area contributed by atoms with Gasteiger partial charge < -0.3 is 10.6 Å². The summed E-state index contributed by atoms with van der Waals surface area (Å²) in [5.41, 5.74) is 0. The van der Waals surface area contributed by atoms with Crippen LogP contribution in [0.15, 0.2) is 6.07 Å². The highest BCUT2D eigenvalue weighted by molar-refractivity contribution is 5.47. The van der Waals surface area contributed by atoms with Crippen molar-refractivity contribution >= 4 is 11.6 Å². The molecule has 19 heavy (non-hydrogen) atoms. The van der Waals surface area contributed by atoms with Crippen molar-refractivity contribution in [2.24, 2.45) is 5.92 Å². The predicted molar refractivity (Wildman–Crippen MR) is 80.6 cm³/mol. The van der Waals surface area contributed by atoms with E-state index in [1.807, 2.05) is 6.07 Å². The van der Waals surface area contributed by atoms with Crippen molar-refractivity contribution in [3.8, 4) is 0 Å². The molecule has 2 rings (SSSR count). The molecule has 1 heterocycles. The lowest BCUT2D eigenvalue weighted by Crippen LogP contribution is -2.10. The van der Waals surface area contributed by atoms with Gasteiger partial charge in [0.2, 0.25) is 0 Å².